The summed E-state index contributed by atoms with van der Waals surface area (Å²) in [4.78, 5) is 10.6. The number of aliphatic carboxylic acids is 1. The lowest BCUT2D eigenvalue weighted by molar-refractivity contribution is -0.150. The van der Waals surface area contributed by atoms with Crippen molar-refractivity contribution in [3.05, 3.63) is 17.5 Å². The van der Waals surface area contributed by atoms with Crippen molar-refractivity contribution < 1.29 is 14.6 Å². The van der Waals surface area contributed by atoms with E-state index in [0.717, 1.165) is 24.4 Å². The third kappa shape index (κ3) is 3.06. The van der Waals surface area contributed by atoms with Gasteiger partial charge in [0.05, 0.1) is 18.0 Å². The summed E-state index contributed by atoms with van der Waals surface area (Å²) in [6.07, 6.45) is 0.0828. The van der Waals surface area contributed by atoms with Crippen LogP contribution in [0.5, 0.6) is 0 Å². The molecular weight excluding hydrogens is 208 g/mol. The Morgan fingerprint density at radius 1 is 1.62 bits per heavy atom. The predicted octanol–water partition coefficient (Wildman–Crippen LogP) is 1.46. The van der Waals surface area contributed by atoms with Crippen LogP contribution in [0.2, 0.25) is 0 Å². The number of aromatic nitrogens is 2. The molecule has 0 aliphatic rings. The Morgan fingerprint density at radius 3 is 2.81 bits per heavy atom. The quantitative estimate of drug-likeness (QED) is 0.797. The lowest BCUT2D eigenvalue weighted by Crippen LogP contribution is -2.20. The molecule has 1 aromatic heterocycles. The zero-order chi connectivity index (χ0) is 12.1. The van der Waals surface area contributed by atoms with E-state index in [0.29, 0.717) is 0 Å². The van der Waals surface area contributed by atoms with Crippen molar-refractivity contribution in [1.82, 2.24) is 9.78 Å². The fraction of sp³-hybridized carbons (Fsp3) is 0.636. The maximum Gasteiger partial charge on any atom is 0.332 e. The number of hydrogen-bond donors (Lipinski definition) is 1. The van der Waals surface area contributed by atoms with Crippen molar-refractivity contribution >= 4 is 5.97 Å². The Balaban J connectivity index is 2.65. The molecule has 1 atom stereocenters. The highest BCUT2D eigenvalue weighted by molar-refractivity contribution is 5.71. The summed E-state index contributed by atoms with van der Waals surface area (Å²) in [5.41, 5.74) is 1.93. The number of ether oxygens (including phenoxy) is 1. The minimum atomic E-state index is -0.946. The summed E-state index contributed by atoms with van der Waals surface area (Å²) >= 11 is 0. The van der Waals surface area contributed by atoms with E-state index in [1.807, 2.05) is 24.6 Å². The van der Waals surface area contributed by atoms with Crippen LogP contribution in [0.4, 0.5) is 0 Å². The molecule has 1 heterocycles. The second-order valence-electron chi connectivity index (χ2n) is 3.59. The van der Waals surface area contributed by atoms with Gasteiger partial charge in [0.25, 0.3) is 0 Å². The lowest BCUT2D eigenvalue weighted by atomic mass is 10.3. The van der Waals surface area contributed by atoms with E-state index in [9.17, 15) is 4.79 Å². The minimum absolute atomic E-state index is 0.286. The molecule has 0 fully saturated rings. The molecule has 0 saturated carbocycles. The molecule has 1 rings (SSSR count). The fourth-order valence-corrected chi connectivity index (χ4v) is 1.36. The standard InChI is InChI=1S/C11H18N2O3/c1-4-9-6-10(13(5-2)12-9)7-16-8(3)11(14)15/h6,8H,4-5,7H2,1-3H3,(H,14,15)/t8-/m1/s1. The number of carbonyl (C=O) groups is 1. The average Bonchev–Trinajstić information content (AvgIpc) is 2.68. The van der Waals surface area contributed by atoms with Gasteiger partial charge in [-0.2, -0.15) is 5.10 Å². The van der Waals surface area contributed by atoms with E-state index in [-0.39, 0.29) is 6.61 Å². The molecule has 5 nitrogen and oxygen atoms in total. The molecule has 0 saturated heterocycles. The highest BCUT2D eigenvalue weighted by atomic mass is 16.5. The van der Waals surface area contributed by atoms with Crippen LogP contribution < -0.4 is 0 Å². The largest absolute Gasteiger partial charge is 0.479 e. The number of carboxylic acid groups (broad SMARTS) is 1. The van der Waals surface area contributed by atoms with E-state index in [1.165, 1.54) is 6.92 Å². The number of hydrogen-bond acceptors (Lipinski definition) is 3. The van der Waals surface area contributed by atoms with Crippen molar-refractivity contribution in [2.45, 2.75) is 46.4 Å². The maximum atomic E-state index is 10.6. The average molecular weight is 226 g/mol. The SMILES string of the molecule is CCc1cc(CO[C@H](C)C(=O)O)n(CC)n1. The van der Waals surface area contributed by atoms with Crippen molar-refractivity contribution in [2.75, 3.05) is 0 Å². The third-order valence-electron chi connectivity index (χ3n) is 2.40. The summed E-state index contributed by atoms with van der Waals surface area (Å²) in [5, 5.41) is 13.0. The van der Waals surface area contributed by atoms with Gasteiger partial charge < -0.3 is 9.84 Å². The maximum absolute atomic E-state index is 10.6. The van der Waals surface area contributed by atoms with Gasteiger partial charge in [-0.1, -0.05) is 6.92 Å². The summed E-state index contributed by atoms with van der Waals surface area (Å²) in [6, 6.07) is 1.96. The van der Waals surface area contributed by atoms with Gasteiger partial charge in [0.1, 0.15) is 0 Å². The Labute approximate surface area is 95.0 Å². The monoisotopic (exact) mass is 226 g/mol. The topological polar surface area (TPSA) is 64.3 Å². The number of nitrogens with zero attached hydrogens (tertiary/aromatic N) is 2. The van der Waals surface area contributed by atoms with Crippen LogP contribution in [-0.4, -0.2) is 27.0 Å². The van der Waals surface area contributed by atoms with Crippen LogP contribution in [0, 0.1) is 0 Å². The van der Waals surface area contributed by atoms with E-state index >= 15 is 0 Å². The van der Waals surface area contributed by atoms with Gasteiger partial charge in [0, 0.05) is 6.54 Å². The molecule has 0 aliphatic heterocycles. The van der Waals surface area contributed by atoms with Gasteiger partial charge in [0.15, 0.2) is 6.10 Å². The molecule has 0 aliphatic carbocycles. The highest BCUT2D eigenvalue weighted by Gasteiger charge is 2.13. The second-order valence-corrected chi connectivity index (χ2v) is 3.59. The van der Waals surface area contributed by atoms with E-state index in [2.05, 4.69) is 5.10 Å². The molecular formula is C11H18N2O3. The fourth-order valence-electron chi connectivity index (χ4n) is 1.36. The molecule has 5 heteroatoms. The Morgan fingerprint density at radius 2 is 2.31 bits per heavy atom. The molecule has 16 heavy (non-hydrogen) atoms. The first-order valence-corrected chi connectivity index (χ1v) is 5.48. The van der Waals surface area contributed by atoms with Crippen LogP contribution in [0.1, 0.15) is 32.2 Å². The summed E-state index contributed by atoms with van der Waals surface area (Å²) in [5.74, 6) is -0.946. The van der Waals surface area contributed by atoms with Crippen LogP contribution in [-0.2, 0) is 29.1 Å². The third-order valence-corrected chi connectivity index (χ3v) is 2.40. The number of carboxylic acids is 1. The van der Waals surface area contributed by atoms with Crippen LogP contribution >= 0.6 is 0 Å². The number of aryl methyl sites for hydroxylation is 2. The van der Waals surface area contributed by atoms with Crippen molar-refractivity contribution in [3.8, 4) is 0 Å². The van der Waals surface area contributed by atoms with Gasteiger partial charge in [-0.15, -0.1) is 0 Å². The smallest absolute Gasteiger partial charge is 0.332 e. The predicted molar refractivity (Wildman–Crippen MR) is 59.2 cm³/mol. The first-order chi connectivity index (χ1) is 7.58. The second kappa shape index (κ2) is 5.65. The van der Waals surface area contributed by atoms with Crippen LogP contribution in [0.3, 0.4) is 0 Å². The highest BCUT2D eigenvalue weighted by Crippen LogP contribution is 2.08. The summed E-state index contributed by atoms with van der Waals surface area (Å²) in [6.45, 7) is 6.60. The molecule has 0 bridgehead atoms. The Kier molecular flexibility index (Phi) is 4.49. The van der Waals surface area contributed by atoms with Crippen molar-refractivity contribution in [1.29, 1.82) is 0 Å². The molecule has 0 amide bonds. The molecule has 1 N–H and O–H groups in total. The van der Waals surface area contributed by atoms with Gasteiger partial charge in [-0.25, -0.2) is 4.79 Å². The molecule has 0 spiro atoms. The van der Waals surface area contributed by atoms with E-state index < -0.39 is 12.1 Å². The molecule has 1 aromatic rings. The molecule has 0 unspecified atom stereocenters. The van der Waals surface area contributed by atoms with Crippen molar-refractivity contribution in [2.24, 2.45) is 0 Å². The molecule has 0 radical (unpaired) electrons. The minimum Gasteiger partial charge on any atom is -0.479 e. The summed E-state index contributed by atoms with van der Waals surface area (Å²) < 4.78 is 7.07. The first-order valence-electron chi connectivity index (χ1n) is 5.48. The lowest BCUT2D eigenvalue weighted by Gasteiger charge is -2.09. The van der Waals surface area contributed by atoms with E-state index in [1.54, 1.807) is 0 Å². The van der Waals surface area contributed by atoms with Gasteiger partial charge in [0.2, 0.25) is 0 Å². The van der Waals surface area contributed by atoms with Crippen LogP contribution in [0.15, 0.2) is 6.07 Å². The zero-order valence-corrected chi connectivity index (χ0v) is 9.93. The van der Waals surface area contributed by atoms with Crippen LogP contribution in [0.25, 0.3) is 0 Å². The summed E-state index contributed by atoms with van der Waals surface area (Å²) in [7, 11) is 0. The zero-order valence-electron chi connectivity index (χ0n) is 9.93. The normalized spacial score (nSPS) is 12.7. The van der Waals surface area contributed by atoms with Crippen molar-refractivity contribution in [3.63, 3.8) is 0 Å². The Hall–Kier alpha value is -1.36. The van der Waals surface area contributed by atoms with Gasteiger partial charge >= 0.3 is 5.97 Å². The van der Waals surface area contributed by atoms with Gasteiger partial charge in [-0.05, 0) is 26.3 Å². The Bertz CT molecular complexity index is 360. The number of rotatable bonds is 6. The van der Waals surface area contributed by atoms with E-state index in [4.69, 9.17) is 9.84 Å². The first kappa shape index (κ1) is 12.7. The molecule has 90 valence electrons. The van der Waals surface area contributed by atoms with Gasteiger partial charge in [-0.3, -0.25) is 4.68 Å². The molecule has 0 aromatic carbocycles.